The summed E-state index contributed by atoms with van der Waals surface area (Å²) in [5.74, 6) is 0.355. The Hall–Kier alpha value is -1.12. The van der Waals surface area contributed by atoms with Crippen molar-refractivity contribution in [3.8, 4) is 0 Å². The standard InChI is InChI=1S/C14H22O3/c1-9(2)11-6-5-10(3)12(7-8-15)13(11)14(16)17-4/h5,8-9,11-13H,6-7H2,1-4H3/t11-,12+,13-/m1/s1. The van der Waals surface area contributed by atoms with Crippen molar-refractivity contribution < 1.29 is 14.3 Å². The Morgan fingerprint density at radius 2 is 2.24 bits per heavy atom. The van der Waals surface area contributed by atoms with E-state index in [9.17, 15) is 9.59 Å². The molecule has 0 bridgehead atoms. The van der Waals surface area contributed by atoms with Gasteiger partial charge in [0.1, 0.15) is 6.29 Å². The van der Waals surface area contributed by atoms with Gasteiger partial charge in [0.2, 0.25) is 0 Å². The molecule has 0 aromatic rings. The van der Waals surface area contributed by atoms with Gasteiger partial charge >= 0.3 is 5.97 Å². The van der Waals surface area contributed by atoms with Crippen LogP contribution in [0.4, 0.5) is 0 Å². The summed E-state index contributed by atoms with van der Waals surface area (Å²) in [5, 5.41) is 0. The van der Waals surface area contributed by atoms with Gasteiger partial charge in [0.15, 0.2) is 0 Å². The molecule has 0 saturated heterocycles. The van der Waals surface area contributed by atoms with E-state index < -0.39 is 0 Å². The fourth-order valence-electron chi connectivity index (χ4n) is 2.80. The fourth-order valence-corrected chi connectivity index (χ4v) is 2.80. The Kier molecular flexibility index (Phi) is 4.91. The third-order valence-electron chi connectivity index (χ3n) is 3.87. The van der Waals surface area contributed by atoms with E-state index in [0.29, 0.717) is 12.3 Å². The van der Waals surface area contributed by atoms with Crippen LogP contribution in [-0.2, 0) is 14.3 Å². The van der Waals surface area contributed by atoms with Crippen LogP contribution in [0.15, 0.2) is 11.6 Å². The first-order valence-electron chi connectivity index (χ1n) is 6.21. The molecule has 1 rings (SSSR count). The Morgan fingerprint density at radius 1 is 1.59 bits per heavy atom. The van der Waals surface area contributed by atoms with Crippen molar-refractivity contribution in [1.82, 2.24) is 0 Å². The third-order valence-corrected chi connectivity index (χ3v) is 3.87. The first-order chi connectivity index (χ1) is 8.02. The number of carbonyl (C=O) groups is 2. The highest BCUT2D eigenvalue weighted by Crippen LogP contribution is 2.40. The summed E-state index contributed by atoms with van der Waals surface area (Å²) >= 11 is 0. The van der Waals surface area contributed by atoms with E-state index in [-0.39, 0.29) is 23.7 Å². The van der Waals surface area contributed by atoms with E-state index in [0.717, 1.165) is 18.3 Å². The molecule has 17 heavy (non-hydrogen) atoms. The molecule has 0 N–H and O–H groups in total. The number of hydrogen-bond acceptors (Lipinski definition) is 3. The van der Waals surface area contributed by atoms with Gasteiger partial charge in [-0.05, 0) is 31.1 Å². The molecule has 0 saturated carbocycles. The predicted molar refractivity (Wildman–Crippen MR) is 66.4 cm³/mol. The van der Waals surface area contributed by atoms with Crippen LogP contribution < -0.4 is 0 Å². The summed E-state index contributed by atoms with van der Waals surface area (Å²) in [6, 6.07) is 0. The minimum absolute atomic E-state index is 0.0149. The second-order valence-corrected chi connectivity index (χ2v) is 5.15. The van der Waals surface area contributed by atoms with Gasteiger partial charge in [-0.15, -0.1) is 0 Å². The zero-order valence-electron chi connectivity index (χ0n) is 11.1. The van der Waals surface area contributed by atoms with Gasteiger partial charge in [0, 0.05) is 6.42 Å². The Balaban J connectivity index is 3.04. The van der Waals surface area contributed by atoms with Crippen LogP contribution in [0.5, 0.6) is 0 Å². The first kappa shape index (κ1) is 13.9. The minimum Gasteiger partial charge on any atom is -0.469 e. The molecular weight excluding hydrogens is 216 g/mol. The molecule has 0 aromatic heterocycles. The molecule has 3 heteroatoms. The third kappa shape index (κ3) is 2.96. The molecule has 0 amide bonds. The van der Waals surface area contributed by atoms with E-state index in [1.54, 1.807) is 0 Å². The number of allylic oxidation sites excluding steroid dienone is 2. The maximum atomic E-state index is 11.9. The lowest BCUT2D eigenvalue weighted by Crippen LogP contribution is -2.37. The van der Waals surface area contributed by atoms with Crippen LogP contribution in [0, 0.1) is 23.7 Å². The number of esters is 1. The molecule has 1 aliphatic carbocycles. The first-order valence-corrected chi connectivity index (χ1v) is 6.21. The van der Waals surface area contributed by atoms with Crippen LogP contribution >= 0.6 is 0 Å². The second-order valence-electron chi connectivity index (χ2n) is 5.15. The summed E-state index contributed by atoms with van der Waals surface area (Å²) in [5.41, 5.74) is 1.14. The van der Waals surface area contributed by atoms with E-state index >= 15 is 0 Å². The zero-order valence-corrected chi connectivity index (χ0v) is 11.1. The van der Waals surface area contributed by atoms with Gasteiger partial charge in [-0.1, -0.05) is 25.5 Å². The highest BCUT2D eigenvalue weighted by atomic mass is 16.5. The Labute approximate surface area is 103 Å². The van der Waals surface area contributed by atoms with E-state index in [2.05, 4.69) is 19.9 Å². The van der Waals surface area contributed by atoms with Crippen molar-refractivity contribution in [3.63, 3.8) is 0 Å². The molecule has 0 radical (unpaired) electrons. The molecule has 0 aromatic carbocycles. The Morgan fingerprint density at radius 3 is 2.71 bits per heavy atom. The zero-order chi connectivity index (χ0) is 13.0. The van der Waals surface area contributed by atoms with Gasteiger partial charge in [-0.25, -0.2) is 0 Å². The summed E-state index contributed by atoms with van der Waals surface area (Å²) in [6.07, 6.45) is 4.38. The number of carbonyl (C=O) groups excluding carboxylic acids is 2. The van der Waals surface area contributed by atoms with Crippen molar-refractivity contribution in [1.29, 1.82) is 0 Å². The predicted octanol–water partition coefficient (Wildman–Crippen LogP) is 2.60. The van der Waals surface area contributed by atoms with Crippen molar-refractivity contribution in [2.75, 3.05) is 7.11 Å². The highest BCUT2D eigenvalue weighted by Gasteiger charge is 2.40. The summed E-state index contributed by atoms with van der Waals surface area (Å²) in [7, 11) is 1.42. The fraction of sp³-hybridized carbons (Fsp3) is 0.714. The number of methoxy groups -OCH3 is 1. The lowest BCUT2D eigenvalue weighted by Gasteiger charge is -2.37. The van der Waals surface area contributed by atoms with E-state index in [1.165, 1.54) is 7.11 Å². The number of aldehydes is 1. The molecule has 3 atom stereocenters. The van der Waals surface area contributed by atoms with Crippen LogP contribution in [0.3, 0.4) is 0 Å². The minimum atomic E-state index is -0.178. The molecule has 0 aliphatic heterocycles. The molecule has 96 valence electrons. The molecule has 3 nitrogen and oxygen atoms in total. The highest BCUT2D eigenvalue weighted by molar-refractivity contribution is 5.74. The maximum absolute atomic E-state index is 11.9. The van der Waals surface area contributed by atoms with Crippen LogP contribution in [0.1, 0.15) is 33.6 Å². The van der Waals surface area contributed by atoms with Gasteiger partial charge < -0.3 is 9.53 Å². The molecule has 0 heterocycles. The summed E-state index contributed by atoms with van der Waals surface area (Å²) in [4.78, 5) is 22.7. The van der Waals surface area contributed by atoms with E-state index in [4.69, 9.17) is 4.74 Å². The lowest BCUT2D eigenvalue weighted by molar-refractivity contribution is -0.150. The van der Waals surface area contributed by atoms with E-state index in [1.807, 2.05) is 6.92 Å². The van der Waals surface area contributed by atoms with Crippen molar-refractivity contribution in [3.05, 3.63) is 11.6 Å². The van der Waals surface area contributed by atoms with Gasteiger partial charge in [0.05, 0.1) is 13.0 Å². The SMILES string of the molecule is COC(=O)[C@@H]1[C@@H](C(C)C)CC=C(C)[C@@H]1CC=O. The van der Waals surface area contributed by atoms with Gasteiger partial charge in [-0.2, -0.15) is 0 Å². The number of rotatable bonds is 4. The Bertz CT molecular complexity index is 317. The molecule has 0 spiro atoms. The smallest absolute Gasteiger partial charge is 0.309 e. The quantitative estimate of drug-likeness (QED) is 0.429. The monoisotopic (exact) mass is 238 g/mol. The average Bonchev–Trinajstić information content (AvgIpc) is 2.30. The average molecular weight is 238 g/mol. The molecular formula is C14H22O3. The van der Waals surface area contributed by atoms with Crippen molar-refractivity contribution >= 4 is 12.3 Å². The van der Waals surface area contributed by atoms with Crippen LogP contribution in [0.25, 0.3) is 0 Å². The normalized spacial score (nSPS) is 28.8. The number of ether oxygens (including phenoxy) is 1. The summed E-state index contributed by atoms with van der Waals surface area (Å²) < 4.78 is 4.91. The number of hydrogen-bond donors (Lipinski definition) is 0. The maximum Gasteiger partial charge on any atom is 0.309 e. The van der Waals surface area contributed by atoms with Crippen molar-refractivity contribution in [2.45, 2.75) is 33.6 Å². The lowest BCUT2D eigenvalue weighted by atomic mass is 9.67. The molecule has 0 fully saturated rings. The molecule has 1 aliphatic rings. The van der Waals surface area contributed by atoms with Crippen LogP contribution in [0.2, 0.25) is 0 Å². The van der Waals surface area contributed by atoms with Gasteiger partial charge in [0.25, 0.3) is 0 Å². The largest absolute Gasteiger partial charge is 0.469 e. The second kappa shape index (κ2) is 5.99. The van der Waals surface area contributed by atoms with Crippen LogP contribution in [-0.4, -0.2) is 19.4 Å². The van der Waals surface area contributed by atoms with Gasteiger partial charge in [-0.3, -0.25) is 4.79 Å². The molecule has 0 unspecified atom stereocenters. The summed E-state index contributed by atoms with van der Waals surface area (Å²) in [6.45, 7) is 6.24. The topological polar surface area (TPSA) is 43.4 Å². The van der Waals surface area contributed by atoms with Crippen molar-refractivity contribution in [2.24, 2.45) is 23.7 Å².